The number of rotatable bonds is 1. The zero-order valence-electron chi connectivity index (χ0n) is 6.78. The molecular formula is C6H15Cl2N3O. The molecular weight excluding hydrogens is 201 g/mol. The van der Waals surface area contributed by atoms with Crippen molar-refractivity contribution in [2.75, 3.05) is 13.1 Å². The highest BCUT2D eigenvalue weighted by Crippen LogP contribution is 2.04. The second-order valence-electron chi connectivity index (χ2n) is 2.52. The Hall–Kier alpha value is -0.190. The maximum absolute atomic E-state index is 10.3. The van der Waals surface area contributed by atoms with E-state index >= 15 is 0 Å². The van der Waals surface area contributed by atoms with E-state index in [2.05, 4.69) is 5.43 Å². The summed E-state index contributed by atoms with van der Waals surface area (Å²) in [7, 11) is 0. The summed E-state index contributed by atoms with van der Waals surface area (Å²) in [6.07, 6.45) is 3.57. The molecule has 0 aromatic heterocycles. The molecule has 0 atom stereocenters. The molecule has 3 N–H and O–H groups in total. The van der Waals surface area contributed by atoms with Crippen molar-refractivity contribution in [1.82, 2.24) is 10.4 Å². The molecule has 0 bridgehead atoms. The van der Waals surface area contributed by atoms with Gasteiger partial charge in [-0.3, -0.25) is 5.43 Å². The van der Waals surface area contributed by atoms with Crippen molar-refractivity contribution in [3.05, 3.63) is 0 Å². The summed E-state index contributed by atoms with van der Waals surface area (Å²) in [6, 6.07) is -0.457. The minimum atomic E-state index is -0.457. The Morgan fingerprint density at radius 1 is 1.17 bits per heavy atom. The molecule has 1 aliphatic heterocycles. The van der Waals surface area contributed by atoms with Crippen LogP contribution < -0.4 is 11.2 Å². The van der Waals surface area contributed by atoms with Crippen LogP contribution in [0.1, 0.15) is 19.3 Å². The molecule has 0 radical (unpaired) electrons. The second kappa shape index (κ2) is 7.46. The molecule has 4 nitrogen and oxygen atoms in total. The maximum Gasteiger partial charge on any atom is 0.326 e. The van der Waals surface area contributed by atoms with E-state index in [1.165, 1.54) is 6.42 Å². The van der Waals surface area contributed by atoms with Gasteiger partial charge in [-0.2, -0.15) is 0 Å². The lowest BCUT2D eigenvalue weighted by Crippen LogP contribution is -2.47. The number of carbonyl (C=O) groups excluding carboxylic acids is 1. The molecule has 0 aliphatic carbocycles. The molecule has 12 heavy (non-hydrogen) atoms. The highest BCUT2D eigenvalue weighted by molar-refractivity contribution is 5.85. The van der Waals surface area contributed by atoms with Crippen molar-refractivity contribution < 1.29 is 4.79 Å². The van der Waals surface area contributed by atoms with Gasteiger partial charge in [-0.15, -0.1) is 24.8 Å². The first-order valence-corrected chi connectivity index (χ1v) is 3.60. The lowest BCUT2D eigenvalue weighted by Gasteiger charge is -2.25. The van der Waals surface area contributed by atoms with Crippen LogP contribution in [0.5, 0.6) is 0 Å². The van der Waals surface area contributed by atoms with Crippen LogP contribution in [0.2, 0.25) is 0 Å². The number of urea groups is 1. The molecule has 1 rings (SSSR count). The minimum Gasteiger partial charge on any atom is -0.351 e. The average molecular weight is 216 g/mol. The van der Waals surface area contributed by atoms with Gasteiger partial charge in [0.1, 0.15) is 0 Å². The van der Waals surface area contributed by atoms with Gasteiger partial charge < -0.3 is 5.73 Å². The van der Waals surface area contributed by atoms with Gasteiger partial charge in [-0.1, -0.05) is 6.42 Å². The SMILES string of the molecule is Cl.Cl.NC(=O)NN1CCCCC1. The summed E-state index contributed by atoms with van der Waals surface area (Å²) < 4.78 is 0. The van der Waals surface area contributed by atoms with Crippen molar-refractivity contribution in [2.24, 2.45) is 5.73 Å². The first-order valence-electron chi connectivity index (χ1n) is 3.60. The molecule has 1 saturated heterocycles. The van der Waals surface area contributed by atoms with E-state index in [1.54, 1.807) is 0 Å². The van der Waals surface area contributed by atoms with Crippen LogP contribution in [-0.2, 0) is 0 Å². The topological polar surface area (TPSA) is 58.4 Å². The van der Waals surface area contributed by atoms with Gasteiger partial charge in [0.05, 0.1) is 0 Å². The van der Waals surface area contributed by atoms with Gasteiger partial charge in [0.2, 0.25) is 0 Å². The van der Waals surface area contributed by atoms with Crippen LogP contribution in [0, 0.1) is 0 Å². The lowest BCUT2D eigenvalue weighted by molar-refractivity contribution is 0.160. The maximum atomic E-state index is 10.3. The Kier molecular flexibility index (Phi) is 8.91. The number of halogens is 2. The van der Waals surface area contributed by atoms with Crippen LogP contribution in [0.3, 0.4) is 0 Å². The van der Waals surface area contributed by atoms with E-state index in [0.29, 0.717) is 0 Å². The van der Waals surface area contributed by atoms with Crippen molar-refractivity contribution in [3.8, 4) is 0 Å². The zero-order chi connectivity index (χ0) is 7.40. The number of nitrogens with zero attached hydrogens (tertiary/aromatic N) is 1. The number of hydrogen-bond donors (Lipinski definition) is 2. The van der Waals surface area contributed by atoms with E-state index < -0.39 is 6.03 Å². The zero-order valence-corrected chi connectivity index (χ0v) is 8.42. The molecule has 0 aromatic rings. The van der Waals surface area contributed by atoms with Gasteiger partial charge in [0.15, 0.2) is 0 Å². The third kappa shape index (κ3) is 5.46. The Labute approximate surface area is 84.6 Å². The lowest BCUT2D eigenvalue weighted by atomic mass is 10.2. The number of hydrogen-bond acceptors (Lipinski definition) is 2. The van der Waals surface area contributed by atoms with E-state index in [0.717, 1.165) is 25.9 Å². The minimum absolute atomic E-state index is 0. The fourth-order valence-corrected chi connectivity index (χ4v) is 1.16. The summed E-state index contributed by atoms with van der Waals surface area (Å²) in [5, 5.41) is 1.87. The smallest absolute Gasteiger partial charge is 0.326 e. The number of nitrogens with one attached hydrogen (secondary N) is 1. The third-order valence-electron chi connectivity index (χ3n) is 1.62. The Morgan fingerprint density at radius 2 is 1.67 bits per heavy atom. The fourth-order valence-electron chi connectivity index (χ4n) is 1.16. The van der Waals surface area contributed by atoms with Gasteiger partial charge in [0, 0.05) is 13.1 Å². The van der Waals surface area contributed by atoms with Crippen molar-refractivity contribution in [1.29, 1.82) is 0 Å². The predicted molar refractivity (Wildman–Crippen MR) is 52.6 cm³/mol. The average Bonchev–Trinajstić information content (AvgIpc) is 1.88. The Bertz CT molecular complexity index is 128. The van der Waals surface area contributed by atoms with E-state index in [-0.39, 0.29) is 24.8 Å². The monoisotopic (exact) mass is 215 g/mol. The van der Waals surface area contributed by atoms with Gasteiger partial charge >= 0.3 is 6.03 Å². The van der Waals surface area contributed by atoms with Crippen LogP contribution in [0.15, 0.2) is 0 Å². The van der Waals surface area contributed by atoms with E-state index in [4.69, 9.17) is 5.73 Å². The molecule has 1 heterocycles. The molecule has 0 spiro atoms. The summed E-state index contributed by atoms with van der Waals surface area (Å²) in [6.45, 7) is 1.87. The summed E-state index contributed by atoms with van der Waals surface area (Å²) in [5.41, 5.74) is 7.49. The molecule has 0 aromatic carbocycles. The number of nitrogens with two attached hydrogens (primary N) is 1. The molecule has 1 fully saturated rings. The number of carbonyl (C=O) groups is 1. The molecule has 0 saturated carbocycles. The molecule has 74 valence electrons. The quantitative estimate of drug-likeness (QED) is 0.684. The summed E-state index contributed by atoms with van der Waals surface area (Å²) >= 11 is 0. The molecule has 2 amide bonds. The molecule has 1 aliphatic rings. The number of amides is 2. The number of hydrazine groups is 1. The Balaban J connectivity index is 0. The van der Waals surface area contributed by atoms with Gasteiger partial charge in [-0.05, 0) is 12.8 Å². The van der Waals surface area contributed by atoms with Crippen LogP contribution in [-0.4, -0.2) is 24.1 Å². The predicted octanol–water partition coefficient (Wildman–Crippen LogP) is 0.899. The first-order chi connectivity index (χ1) is 4.79. The fraction of sp³-hybridized carbons (Fsp3) is 0.833. The van der Waals surface area contributed by atoms with Gasteiger partial charge in [0.25, 0.3) is 0 Å². The number of piperidine rings is 1. The standard InChI is InChI=1S/C6H13N3O.2ClH/c7-6(10)8-9-4-2-1-3-5-9;;/h1-5H2,(H3,7,8,10);2*1H. The van der Waals surface area contributed by atoms with Crippen LogP contribution in [0.4, 0.5) is 4.79 Å². The van der Waals surface area contributed by atoms with Crippen LogP contribution in [0.25, 0.3) is 0 Å². The summed E-state index contributed by atoms with van der Waals surface area (Å²) in [5.74, 6) is 0. The van der Waals surface area contributed by atoms with Crippen molar-refractivity contribution in [2.45, 2.75) is 19.3 Å². The van der Waals surface area contributed by atoms with Crippen LogP contribution >= 0.6 is 24.8 Å². The van der Waals surface area contributed by atoms with E-state index in [1.807, 2.05) is 5.01 Å². The van der Waals surface area contributed by atoms with Crippen molar-refractivity contribution in [3.63, 3.8) is 0 Å². The number of primary amides is 1. The normalized spacial score (nSPS) is 17.0. The third-order valence-corrected chi connectivity index (χ3v) is 1.62. The van der Waals surface area contributed by atoms with Crippen molar-refractivity contribution >= 4 is 30.8 Å². The molecule has 0 unspecified atom stereocenters. The first kappa shape index (κ1) is 14.3. The van der Waals surface area contributed by atoms with Gasteiger partial charge in [-0.25, -0.2) is 9.80 Å². The molecule has 6 heteroatoms. The summed E-state index contributed by atoms with van der Waals surface area (Å²) in [4.78, 5) is 10.3. The highest BCUT2D eigenvalue weighted by Gasteiger charge is 2.09. The van der Waals surface area contributed by atoms with E-state index in [9.17, 15) is 4.79 Å². The second-order valence-corrected chi connectivity index (χ2v) is 2.52. The largest absolute Gasteiger partial charge is 0.351 e. The Morgan fingerprint density at radius 3 is 2.08 bits per heavy atom. The highest BCUT2D eigenvalue weighted by atomic mass is 35.5.